The minimum atomic E-state index is -1.28. The second-order valence-electron chi connectivity index (χ2n) is 8.29. The van der Waals surface area contributed by atoms with Crippen molar-refractivity contribution in [1.29, 1.82) is 0 Å². The molecule has 0 N–H and O–H groups in total. The maximum atomic E-state index is 12.1. The van der Waals surface area contributed by atoms with Crippen LogP contribution in [-0.4, -0.2) is 25.2 Å². The number of carbonyl (C=O) groups is 1. The number of carboxylic acids is 1. The third-order valence-corrected chi connectivity index (χ3v) is 6.93. The number of hydrogen-bond acceptors (Lipinski definition) is 7. The van der Waals surface area contributed by atoms with Crippen LogP contribution in [0.2, 0.25) is 0 Å². The van der Waals surface area contributed by atoms with Crippen LogP contribution in [0.3, 0.4) is 0 Å². The minimum Gasteiger partial charge on any atom is -0.545 e. The second-order valence-corrected chi connectivity index (χ2v) is 9.37. The third-order valence-electron chi connectivity index (χ3n) is 5.85. The molecule has 0 saturated heterocycles. The number of aliphatic carboxylic acids is 1. The van der Waals surface area contributed by atoms with Gasteiger partial charge in [0.25, 0.3) is 0 Å². The van der Waals surface area contributed by atoms with Gasteiger partial charge in [0.15, 0.2) is 17.2 Å². The Morgan fingerprint density at radius 3 is 2.43 bits per heavy atom. The molecule has 2 heterocycles. The number of thiophene rings is 1. The molecule has 4 rings (SSSR count). The van der Waals surface area contributed by atoms with Gasteiger partial charge in [0.2, 0.25) is 0 Å². The average Bonchev–Trinajstić information content (AvgIpc) is 3.22. The predicted octanol–water partition coefficient (Wildman–Crippen LogP) is 3.13. The molecule has 0 fully saturated rings. The molecular weight excluding hydrogens is 497 g/mol. The zero-order valence-electron chi connectivity index (χ0n) is 21.6. The largest absolute Gasteiger partial charge is 1.00 e. The number of ether oxygens (including phenoxy) is 3. The fourth-order valence-corrected chi connectivity index (χ4v) is 5.09. The number of rotatable bonds is 11. The number of pyridine rings is 1. The maximum Gasteiger partial charge on any atom is 1.00 e. The number of unbranched alkanes of at least 4 members (excludes halogenated alkanes) is 2. The number of carboxylic acid groups (broad SMARTS) is 1. The zero-order valence-corrected chi connectivity index (χ0v) is 24.4. The van der Waals surface area contributed by atoms with E-state index >= 15 is 0 Å². The number of fused-ring (bicyclic) bond motifs is 1. The van der Waals surface area contributed by atoms with Gasteiger partial charge in [-0.1, -0.05) is 31.9 Å². The first-order valence-electron chi connectivity index (χ1n) is 11.8. The van der Waals surface area contributed by atoms with Crippen LogP contribution in [0.5, 0.6) is 23.0 Å². The number of methoxy groups -OCH3 is 2. The smallest absolute Gasteiger partial charge is 0.545 e. The van der Waals surface area contributed by atoms with E-state index in [-0.39, 0.29) is 35.1 Å². The van der Waals surface area contributed by atoms with Crippen molar-refractivity contribution in [3.63, 3.8) is 0 Å². The third kappa shape index (κ3) is 6.93. The molecule has 0 atom stereocenters. The molecular formula is C29H28NNaO5S. The van der Waals surface area contributed by atoms with Crippen LogP contribution in [0.1, 0.15) is 42.2 Å². The summed E-state index contributed by atoms with van der Waals surface area (Å²) < 4.78 is 18.3. The van der Waals surface area contributed by atoms with Gasteiger partial charge >= 0.3 is 29.6 Å². The number of carbonyl (C=O) groups excluding carboxylic acids is 1. The predicted molar refractivity (Wildman–Crippen MR) is 142 cm³/mol. The molecule has 0 aliphatic heterocycles. The van der Waals surface area contributed by atoms with E-state index in [4.69, 9.17) is 14.2 Å². The molecule has 37 heavy (non-hydrogen) atoms. The molecule has 0 saturated carbocycles. The van der Waals surface area contributed by atoms with Crippen LogP contribution in [0, 0.1) is 0 Å². The molecule has 0 spiro atoms. The van der Waals surface area contributed by atoms with Crippen LogP contribution in [-0.2, 0) is 11.2 Å². The van der Waals surface area contributed by atoms with Crippen molar-refractivity contribution in [1.82, 2.24) is 4.98 Å². The molecule has 0 aliphatic carbocycles. The first-order chi connectivity index (χ1) is 17.5. The van der Waals surface area contributed by atoms with Crippen LogP contribution in [0.25, 0.3) is 21.7 Å². The Bertz CT molecular complexity index is 1380. The molecule has 2 aromatic carbocycles. The van der Waals surface area contributed by atoms with E-state index in [9.17, 15) is 9.90 Å². The van der Waals surface area contributed by atoms with Crippen molar-refractivity contribution in [3.8, 4) is 23.0 Å². The van der Waals surface area contributed by atoms with E-state index in [0.29, 0.717) is 33.4 Å². The molecule has 2 aromatic heterocycles. The number of benzene rings is 2. The van der Waals surface area contributed by atoms with E-state index in [1.54, 1.807) is 44.8 Å². The summed E-state index contributed by atoms with van der Waals surface area (Å²) in [5.74, 6) is 1.10. The number of nitrogens with zero attached hydrogens (tertiary/aromatic N) is 1. The standard InChI is InChI=1S/C29H29NO5S.Na/c1-4-5-6-8-19-9-7-10-21(15-19)35-28-23-16-24(33-2)25(34-3)18-26(23)36-27(28)17-22(29(31)32)20-11-13-30-14-12-20;/h7,9-18H,4-6,8H2,1-3H3,(H,31,32);/q;+1/p-1/b22-17+;. The first kappa shape index (κ1) is 28.7. The summed E-state index contributed by atoms with van der Waals surface area (Å²) >= 11 is 1.41. The Morgan fingerprint density at radius 1 is 1.03 bits per heavy atom. The van der Waals surface area contributed by atoms with E-state index in [1.807, 2.05) is 30.3 Å². The Hall–Kier alpha value is -2.84. The molecule has 6 nitrogen and oxygen atoms in total. The van der Waals surface area contributed by atoms with Gasteiger partial charge in [0.05, 0.1) is 25.1 Å². The van der Waals surface area contributed by atoms with E-state index in [0.717, 1.165) is 29.3 Å². The summed E-state index contributed by atoms with van der Waals surface area (Å²) in [6, 6.07) is 15.0. The maximum absolute atomic E-state index is 12.1. The number of aromatic nitrogens is 1. The molecule has 0 amide bonds. The SMILES string of the molecule is CCCCCc1cccc(Oc2c(/C=C(/C(=O)[O-])c3ccncc3)sc3cc(OC)c(OC)cc23)c1.[Na+]. The molecule has 186 valence electrons. The van der Waals surface area contributed by atoms with E-state index in [1.165, 1.54) is 23.3 Å². The van der Waals surface area contributed by atoms with Gasteiger partial charge in [-0.15, -0.1) is 11.3 Å². The first-order valence-corrected chi connectivity index (χ1v) is 12.6. The molecule has 0 bridgehead atoms. The summed E-state index contributed by atoms with van der Waals surface area (Å²) in [5, 5.41) is 12.9. The molecule has 0 radical (unpaired) electrons. The second kappa shape index (κ2) is 13.6. The van der Waals surface area contributed by atoms with Crippen molar-refractivity contribution in [3.05, 3.63) is 76.9 Å². The summed E-state index contributed by atoms with van der Waals surface area (Å²) in [4.78, 5) is 16.7. The van der Waals surface area contributed by atoms with Crippen molar-refractivity contribution in [2.45, 2.75) is 32.6 Å². The van der Waals surface area contributed by atoms with Gasteiger partial charge in [-0.05, 0) is 60.4 Å². The molecule has 8 heteroatoms. The summed E-state index contributed by atoms with van der Waals surface area (Å²) in [5.41, 5.74) is 1.74. The Morgan fingerprint density at radius 2 is 1.76 bits per heavy atom. The van der Waals surface area contributed by atoms with E-state index < -0.39 is 5.97 Å². The summed E-state index contributed by atoms with van der Waals surface area (Å²) in [6.45, 7) is 2.19. The zero-order chi connectivity index (χ0) is 25.5. The Kier molecular flexibility index (Phi) is 10.6. The van der Waals surface area contributed by atoms with Crippen LogP contribution >= 0.6 is 11.3 Å². The summed E-state index contributed by atoms with van der Waals surface area (Å²) in [6.07, 6.45) is 9.13. The Labute approximate surface area is 243 Å². The quantitative estimate of drug-likeness (QED) is 0.170. The van der Waals surface area contributed by atoms with Gasteiger partial charge in [-0.2, -0.15) is 0 Å². The molecule has 0 aliphatic rings. The van der Waals surface area contributed by atoms with Gasteiger partial charge in [-0.3, -0.25) is 4.98 Å². The van der Waals surface area contributed by atoms with Crippen LogP contribution in [0.15, 0.2) is 60.9 Å². The van der Waals surface area contributed by atoms with Gasteiger partial charge < -0.3 is 24.1 Å². The van der Waals surface area contributed by atoms with Crippen molar-refractivity contribution < 1.29 is 53.7 Å². The average molecular weight is 526 g/mol. The minimum absolute atomic E-state index is 0. The van der Waals surface area contributed by atoms with Gasteiger partial charge in [0, 0.05) is 34.1 Å². The number of aryl methyl sites for hydroxylation is 1. The van der Waals surface area contributed by atoms with Crippen molar-refractivity contribution in [2.24, 2.45) is 0 Å². The topological polar surface area (TPSA) is 80.7 Å². The van der Waals surface area contributed by atoms with Crippen molar-refractivity contribution >= 4 is 39.0 Å². The normalized spacial score (nSPS) is 11.2. The Balaban J connectivity index is 0.00000380. The molecule has 4 aromatic rings. The fraction of sp³-hybridized carbons (Fsp3) is 0.241. The van der Waals surface area contributed by atoms with Crippen LogP contribution in [0.4, 0.5) is 0 Å². The van der Waals surface area contributed by atoms with E-state index in [2.05, 4.69) is 18.0 Å². The van der Waals surface area contributed by atoms with Crippen molar-refractivity contribution in [2.75, 3.05) is 14.2 Å². The van der Waals surface area contributed by atoms with Crippen LogP contribution < -0.4 is 48.9 Å². The fourth-order valence-electron chi connectivity index (χ4n) is 4.00. The number of hydrogen-bond donors (Lipinski definition) is 0. The monoisotopic (exact) mass is 525 g/mol. The molecule has 0 unspecified atom stereocenters. The van der Waals surface area contributed by atoms with Gasteiger partial charge in [0.1, 0.15) is 5.75 Å². The summed E-state index contributed by atoms with van der Waals surface area (Å²) in [7, 11) is 3.16. The van der Waals surface area contributed by atoms with Gasteiger partial charge in [-0.25, -0.2) is 0 Å².